The van der Waals surface area contributed by atoms with Gasteiger partial charge in [-0.25, -0.2) is 13.1 Å². The van der Waals surface area contributed by atoms with Gasteiger partial charge in [0.05, 0.1) is 33.1 Å². The van der Waals surface area contributed by atoms with Crippen molar-refractivity contribution < 1.29 is 22.7 Å². The summed E-state index contributed by atoms with van der Waals surface area (Å²) in [7, 11) is -4.03. The summed E-state index contributed by atoms with van der Waals surface area (Å²) >= 11 is 12.7. The fourth-order valence-electron chi connectivity index (χ4n) is 3.29. The van der Waals surface area contributed by atoms with Gasteiger partial charge in [0.2, 0.25) is 11.8 Å². The summed E-state index contributed by atoms with van der Waals surface area (Å²) in [4.78, 5) is 24.4. The number of rotatable bonds is 10. The van der Waals surface area contributed by atoms with Gasteiger partial charge < -0.3 is 10.1 Å². The van der Waals surface area contributed by atoms with Crippen molar-refractivity contribution in [3.63, 3.8) is 0 Å². The van der Waals surface area contributed by atoms with Crippen LogP contribution in [0.25, 0.3) is 0 Å². The Morgan fingerprint density at radius 3 is 2.45 bits per heavy atom. The first-order valence-electron chi connectivity index (χ1n) is 11.3. The van der Waals surface area contributed by atoms with E-state index in [1.54, 1.807) is 30.3 Å². The molecule has 8 nitrogen and oxygen atoms in total. The van der Waals surface area contributed by atoms with Crippen LogP contribution in [0, 0.1) is 11.3 Å². The van der Waals surface area contributed by atoms with Crippen LogP contribution in [0.15, 0.2) is 68.4 Å². The Labute approximate surface area is 242 Å². The van der Waals surface area contributed by atoms with E-state index < -0.39 is 15.9 Å². The number of amides is 2. The van der Waals surface area contributed by atoms with Gasteiger partial charge in [0.15, 0.2) is 0 Å². The van der Waals surface area contributed by atoms with Gasteiger partial charge in [0, 0.05) is 15.9 Å². The van der Waals surface area contributed by atoms with Gasteiger partial charge in [-0.2, -0.15) is 5.26 Å². The highest BCUT2D eigenvalue weighted by atomic mass is 79.9. The molecular weight excluding hydrogens is 662 g/mol. The zero-order chi connectivity index (χ0) is 27.9. The fraction of sp³-hybridized carbons (Fsp3) is 0.192. The molecule has 3 aromatic carbocycles. The molecule has 0 aliphatic rings. The minimum absolute atomic E-state index is 0.0363. The average Bonchev–Trinajstić information content (AvgIpc) is 2.85. The molecule has 0 spiro atoms. The molecule has 0 saturated carbocycles. The number of nitrogens with zero attached hydrogens (tertiary/aromatic N) is 1. The van der Waals surface area contributed by atoms with Crippen LogP contribution >= 0.6 is 43.5 Å². The zero-order valence-electron chi connectivity index (χ0n) is 20.1. The van der Waals surface area contributed by atoms with Gasteiger partial charge in [0.25, 0.3) is 10.0 Å². The number of unbranched alkanes of at least 4 members (excludes halogenated alkanes) is 1. The van der Waals surface area contributed by atoms with E-state index in [-0.39, 0.29) is 23.6 Å². The van der Waals surface area contributed by atoms with Crippen LogP contribution in [0.4, 0.5) is 5.69 Å². The molecule has 2 N–H and O–H groups in total. The van der Waals surface area contributed by atoms with Crippen LogP contribution in [0.1, 0.15) is 37.3 Å². The number of halogens is 3. The maximum Gasteiger partial charge on any atom is 0.264 e. The van der Waals surface area contributed by atoms with Gasteiger partial charge in [-0.1, -0.05) is 31.0 Å². The molecule has 3 rings (SSSR count). The Morgan fingerprint density at radius 1 is 1.03 bits per heavy atom. The van der Waals surface area contributed by atoms with Crippen molar-refractivity contribution in [3.8, 4) is 17.6 Å². The number of carbonyl (C=O) groups excluding carboxylic acids is 2. The second-order valence-electron chi connectivity index (χ2n) is 8.15. The van der Waals surface area contributed by atoms with Crippen LogP contribution in [0.2, 0.25) is 5.02 Å². The van der Waals surface area contributed by atoms with Gasteiger partial charge >= 0.3 is 0 Å². The minimum Gasteiger partial charge on any atom is -0.456 e. The number of hydrogen-bond donors (Lipinski definition) is 2. The van der Waals surface area contributed by atoms with E-state index in [1.165, 1.54) is 24.3 Å². The summed E-state index contributed by atoms with van der Waals surface area (Å²) in [5.41, 5.74) is 1.43. The number of anilines is 1. The van der Waals surface area contributed by atoms with Gasteiger partial charge in [-0.3, -0.25) is 9.59 Å². The molecule has 0 aromatic heterocycles. The van der Waals surface area contributed by atoms with Crippen LogP contribution in [-0.4, -0.2) is 20.2 Å². The maximum atomic E-state index is 12.7. The molecule has 0 atom stereocenters. The highest BCUT2D eigenvalue weighted by Crippen LogP contribution is 2.33. The highest BCUT2D eigenvalue weighted by Gasteiger charge is 2.19. The van der Waals surface area contributed by atoms with Gasteiger partial charge in [-0.05, 0) is 92.4 Å². The summed E-state index contributed by atoms with van der Waals surface area (Å²) in [6.45, 7) is 1.91. The second-order valence-corrected chi connectivity index (χ2v) is 12.0. The second kappa shape index (κ2) is 13.2. The van der Waals surface area contributed by atoms with Crippen molar-refractivity contribution in [2.45, 2.75) is 37.5 Å². The maximum absolute atomic E-state index is 12.7. The standard InChI is InChI=1S/C26H22Br2ClN3O5S/c1-2-3-4-25(33)32-38(35,36)20-6-7-23(21(27)14-20)31-26(34)12-16-5-8-24(22(28)11-16)37-19-10-17(15-30)9-18(29)13-19/h5-11,13-14H,2-4,12H2,1H3,(H,31,34)(H,32,33). The molecule has 0 unspecified atom stereocenters. The molecule has 3 aromatic rings. The number of hydrogen-bond acceptors (Lipinski definition) is 6. The zero-order valence-corrected chi connectivity index (χ0v) is 24.8. The number of sulfonamides is 1. The lowest BCUT2D eigenvalue weighted by molar-refractivity contribution is -0.119. The quantitative estimate of drug-likeness (QED) is 0.245. The normalized spacial score (nSPS) is 10.9. The molecule has 0 saturated heterocycles. The molecule has 198 valence electrons. The van der Waals surface area contributed by atoms with E-state index in [0.717, 1.165) is 6.42 Å². The number of nitriles is 1. The molecule has 0 aliphatic heterocycles. The monoisotopic (exact) mass is 681 g/mol. The highest BCUT2D eigenvalue weighted by molar-refractivity contribution is 9.11. The lowest BCUT2D eigenvalue weighted by Gasteiger charge is -2.12. The minimum atomic E-state index is -4.03. The molecule has 0 bridgehead atoms. The predicted molar refractivity (Wildman–Crippen MR) is 152 cm³/mol. The van der Waals surface area contributed by atoms with E-state index >= 15 is 0 Å². The lowest BCUT2D eigenvalue weighted by atomic mass is 10.1. The van der Waals surface area contributed by atoms with Crippen molar-refractivity contribution in [2.75, 3.05) is 5.32 Å². The van der Waals surface area contributed by atoms with Gasteiger partial charge in [0.1, 0.15) is 11.5 Å². The Balaban J connectivity index is 1.65. The molecule has 0 radical (unpaired) electrons. The molecule has 0 heterocycles. The Hall–Kier alpha value is -2.91. The third-order valence-electron chi connectivity index (χ3n) is 5.12. The van der Waals surface area contributed by atoms with Crippen molar-refractivity contribution >= 4 is 71.0 Å². The molecule has 0 aliphatic carbocycles. The van der Waals surface area contributed by atoms with E-state index in [4.69, 9.17) is 21.6 Å². The number of benzene rings is 3. The molecule has 0 fully saturated rings. The van der Waals surface area contributed by atoms with Crippen LogP contribution in [0.3, 0.4) is 0 Å². The van der Waals surface area contributed by atoms with Crippen molar-refractivity contribution in [2.24, 2.45) is 0 Å². The third-order valence-corrected chi connectivity index (χ3v) is 7.98. The summed E-state index contributed by atoms with van der Waals surface area (Å²) in [5, 5.41) is 12.2. The Kier molecular flexibility index (Phi) is 10.3. The SMILES string of the molecule is CCCCC(=O)NS(=O)(=O)c1ccc(NC(=O)Cc2ccc(Oc3cc(Cl)cc(C#N)c3)c(Br)c2)c(Br)c1. The van der Waals surface area contributed by atoms with Crippen LogP contribution < -0.4 is 14.8 Å². The van der Waals surface area contributed by atoms with Crippen molar-refractivity contribution in [1.82, 2.24) is 4.72 Å². The number of nitrogens with one attached hydrogen (secondary N) is 2. The van der Waals surface area contributed by atoms with Crippen LogP contribution in [0.5, 0.6) is 11.5 Å². The first-order valence-corrected chi connectivity index (χ1v) is 14.8. The van der Waals surface area contributed by atoms with E-state index in [0.29, 0.717) is 48.7 Å². The smallest absolute Gasteiger partial charge is 0.264 e. The third kappa shape index (κ3) is 8.30. The Bertz CT molecular complexity index is 1520. The first-order chi connectivity index (χ1) is 18.0. The average molecular weight is 684 g/mol. The molecule has 38 heavy (non-hydrogen) atoms. The van der Waals surface area contributed by atoms with Gasteiger partial charge in [-0.15, -0.1) is 0 Å². The molecule has 2 amide bonds. The molecule has 12 heteroatoms. The fourth-order valence-corrected chi connectivity index (χ4v) is 5.69. The summed E-state index contributed by atoms with van der Waals surface area (Å²) in [5.74, 6) is -0.0246. The van der Waals surface area contributed by atoms with Crippen molar-refractivity contribution in [3.05, 3.63) is 79.7 Å². The van der Waals surface area contributed by atoms with E-state index in [2.05, 4.69) is 41.9 Å². The lowest BCUT2D eigenvalue weighted by Crippen LogP contribution is -2.30. The van der Waals surface area contributed by atoms with Crippen LogP contribution in [-0.2, 0) is 26.0 Å². The van der Waals surface area contributed by atoms with E-state index in [9.17, 15) is 18.0 Å². The summed E-state index contributed by atoms with van der Waals surface area (Å²) in [6, 6.07) is 15.9. The summed E-state index contributed by atoms with van der Waals surface area (Å²) in [6.07, 6.45) is 1.52. The van der Waals surface area contributed by atoms with Crippen molar-refractivity contribution in [1.29, 1.82) is 5.26 Å². The largest absolute Gasteiger partial charge is 0.456 e. The summed E-state index contributed by atoms with van der Waals surface area (Å²) < 4.78 is 33.8. The predicted octanol–water partition coefficient (Wildman–Crippen LogP) is 6.71. The first kappa shape index (κ1) is 29.6. The number of ether oxygens (including phenoxy) is 1. The Morgan fingerprint density at radius 2 is 1.79 bits per heavy atom. The van der Waals surface area contributed by atoms with E-state index in [1.807, 2.05) is 13.0 Å². The number of carbonyl (C=O) groups is 2. The topological polar surface area (TPSA) is 125 Å². The molecular formula is C26H22Br2ClN3O5S.